The molecule has 0 saturated heterocycles. The highest BCUT2D eigenvalue weighted by Crippen LogP contribution is 2.22. The van der Waals surface area contributed by atoms with Gasteiger partial charge in [0.25, 0.3) is 0 Å². The lowest BCUT2D eigenvalue weighted by Gasteiger charge is -2.20. The van der Waals surface area contributed by atoms with E-state index in [0.717, 1.165) is 18.2 Å². The van der Waals surface area contributed by atoms with Crippen LogP contribution in [0.1, 0.15) is 6.92 Å². The first-order valence-corrected chi connectivity index (χ1v) is 6.82. The Kier molecular flexibility index (Phi) is 4.68. The lowest BCUT2D eigenvalue weighted by Crippen LogP contribution is -2.43. The van der Waals surface area contributed by atoms with Crippen molar-refractivity contribution in [3.05, 3.63) is 29.0 Å². The molecule has 5 nitrogen and oxygen atoms in total. The lowest BCUT2D eigenvalue weighted by molar-refractivity contribution is 0.00681. The van der Waals surface area contributed by atoms with E-state index >= 15 is 0 Å². The Labute approximate surface area is 109 Å². The predicted octanol–water partition coefficient (Wildman–Crippen LogP) is 0.501. The molecule has 8 heteroatoms. The summed E-state index contributed by atoms with van der Waals surface area (Å²) < 4.78 is 38.6. The molecule has 1 aromatic carbocycles. The molecular weight excluding hydrogens is 285 g/mol. The van der Waals surface area contributed by atoms with Crippen molar-refractivity contribution in [3.63, 3.8) is 0 Å². The number of rotatable bonds is 5. The molecule has 0 aliphatic heterocycles. The molecule has 0 heterocycles. The van der Waals surface area contributed by atoms with Gasteiger partial charge in [0.2, 0.25) is 10.0 Å². The topological polar surface area (TPSA) is 86.6 Å². The number of nitrogens with one attached hydrogen (secondary N) is 1. The van der Waals surface area contributed by atoms with E-state index in [-0.39, 0.29) is 5.02 Å². The van der Waals surface area contributed by atoms with Crippen molar-refractivity contribution in [2.24, 2.45) is 0 Å². The molecule has 0 aliphatic rings. The predicted molar refractivity (Wildman–Crippen MR) is 64.3 cm³/mol. The lowest BCUT2D eigenvalue weighted by atomic mass is 10.1. The third-order valence-corrected chi connectivity index (χ3v) is 4.05. The van der Waals surface area contributed by atoms with Crippen LogP contribution >= 0.6 is 11.6 Å². The van der Waals surface area contributed by atoms with Crippen molar-refractivity contribution in [1.29, 1.82) is 0 Å². The number of hydrogen-bond donors (Lipinski definition) is 3. The van der Waals surface area contributed by atoms with Crippen molar-refractivity contribution in [2.75, 3.05) is 13.2 Å². The Morgan fingerprint density at radius 2 is 2.11 bits per heavy atom. The molecule has 1 unspecified atom stereocenters. The molecule has 1 aromatic rings. The van der Waals surface area contributed by atoms with Crippen LogP contribution in [0.3, 0.4) is 0 Å². The number of hydrogen-bond acceptors (Lipinski definition) is 4. The summed E-state index contributed by atoms with van der Waals surface area (Å²) in [6, 6.07) is 2.93. The van der Waals surface area contributed by atoms with Crippen LogP contribution in [0.25, 0.3) is 0 Å². The van der Waals surface area contributed by atoms with Crippen molar-refractivity contribution in [2.45, 2.75) is 17.4 Å². The average Bonchev–Trinajstić information content (AvgIpc) is 2.30. The molecule has 1 atom stereocenters. The number of halogens is 2. The Hall–Kier alpha value is -0.730. The molecule has 0 bridgehead atoms. The largest absolute Gasteiger partial charge is 0.393 e. The first-order chi connectivity index (χ1) is 8.18. The fraction of sp³-hybridized carbons (Fsp3) is 0.400. The SMILES string of the molecule is CC(O)(CO)CNS(=O)(=O)c1cc(F)ccc1Cl. The van der Waals surface area contributed by atoms with Gasteiger partial charge in [-0.1, -0.05) is 11.6 Å². The van der Waals surface area contributed by atoms with Gasteiger partial charge in [-0.2, -0.15) is 0 Å². The Morgan fingerprint density at radius 1 is 1.50 bits per heavy atom. The molecule has 18 heavy (non-hydrogen) atoms. The average molecular weight is 298 g/mol. The van der Waals surface area contributed by atoms with E-state index in [1.54, 1.807) is 0 Å². The monoisotopic (exact) mass is 297 g/mol. The maximum absolute atomic E-state index is 13.0. The van der Waals surface area contributed by atoms with E-state index in [9.17, 15) is 17.9 Å². The Morgan fingerprint density at radius 3 is 2.67 bits per heavy atom. The highest BCUT2D eigenvalue weighted by molar-refractivity contribution is 7.89. The van der Waals surface area contributed by atoms with Crippen LogP contribution in [-0.4, -0.2) is 37.4 Å². The van der Waals surface area contributed by atoms with Gasteiger partial charge in [0.05, 0.1) is 17.2 Å². The number of aliphatic hydroxyl groups is 2. The molecule has 0 radical (unpaired) electrons. The first-order valence-electron chi connectivity index (χ1n) is 4.96. The summed E-state index contributed by atoms with van der Waals surface area (Å²) in [5, 5.41) is 18.1. The minimum atomic E-state index is -4.05. The molecule has 0 aromatic heterocycles. The van der Waals surface area contributed by atoms with Crippen LogP contribution in [0.15, 0.2) is 23.1 Å². The zero-order chi connectivity index (χ0) is 14.0. The second-order valence-corrected chi connectivity index (χ2v) is 6.20. The third kappa shape index (κ3) is 3.89. The van der Waals surface area contributed by atoms with Crippen molar-refractivity contribution >= 4 is 21.6 Å². The molecule has 1 rings (SSSR count). The van der Waals surface area contributed by atoms with Crippen molar-refractivity contribution in [3.8, 4) is 0 Å². The summed E-state index contributed by atoms with van der Waals surface area (Å²) >= 11 is 5.67. The second kappa shape index (κ2) is 5.50. The van der Waals surface area contributed by atoms with Gasteiger partial charge in [0.1, 0.15) is 10.7 Å². The normalized spacial score (nSPS) is 15.4. The Bertz CT molecular complexity index is 533. The molecule has 0 spiro atoms. The van der Waals surface area contributed by atoms with Crippen LogP contribution in [0.2, 0.25) is 5.02 Å². The van der Waals surface area contributed by atoms with E-state index in [4.69, 9.17) is 16.7 Å². The maximum Gasteiger partial charge on any atom is 0.242 e. The van der Waals surface area contributed by atoms with Crippen LogP contribution in [0.5, 0.6) is 0 Å². The van der Waals surface area contributed by atoms with Gasteiger partial charge in [-0.3, -0.25) is 0 Å². The summed E-state index contributed by atoms with van der Waals surface area (Å²) in [5.74, 6) is -0.742. The minimum absolute atomic E-state index is 0.132. The van der Waals surface area contributed by atoms with Gasteiger partial charge >= 0.3 is 0 Å². The highest BCUT2D eigenvalue weighted by atomic mass is 35.5. The van der Waals surface area contributed by atoms with Gasteiger partial charge in [-0.15, -0.1) is 0 Å². The van der Waals surface area contributed by atoms with Gasteiger partial charge in [0.15, 0.2) is 0 Å². The molecule has 102 valence electrons. The summed E-state index contributed by atoms with van der Waals surface area (Å²) in [5.41, 5.74) is -1.60. The molecule has 3 N–H and O–H groups in total. The second-order valence-electron chi connectivity index (χ2n) is 4.05. The summed E-state index contributed by atoms with van der Waals surface area (Å²) in [4.78, 5) is -0.419. The summed E-state index contributed by atoms with van der Waals surface area (Å²) in [6.07, 6.45) is 0. The number of benzene rings is 1. The molecule has 0 fully saturated rings. The van der Waals surface area contributed by atoms with Crippen LogP contribution in [0, 0.1) is 5.82 Å². The van der Waals surface area contributed by atoms with Gasteiger partial charge < -0.3 is 10.2 Å². The molecular formula is C10H13ClFNO4S. The van der Waals surface area contributed by atoms with Crippen molar-refractivity contribution < 1.29 is 23.0 Å². The zero-order valence-electron chi connectivity index (χ0n) is 9.52. The third-order valence-electron chi connectivity index (χ3n) is 2.17. The van der Waals surface area contributed by atoms with E-state index < -0.39 is 39.5 Å². The maximum atomic E-state index is 13.0. The fourth-order valence-electron chi connectivity index (χ4n) is 1.07. The summed E-state index contributed by atoms with van der Waals surface area (Å²) in [7, 11) is -4.05. The van der Waals surface area contributed by atoms with Crippen molar-refractivity contribution in [1.82, 2.24) is 4.72 Å². The van der Waals surface area contributed by atoms with Crippen LogP contribution < -0.4 is 4.72 Å². The fourth-order valence-corrected chi connectivity index (χ4v) is 2.74. The van der Waals surface area contributed by atoms with Gasteiger partial charge in [-0.25, -0.2) is 17.5 Å². The Balaban J connectivity index is 2.97. The highest BCUT2D eigenvalue weighted by Gasteiger charge is 2.25. The molecule has 0 amide bonds. The molecule has 0 saturated carbocycles. The smallest absolute Gasteiger partial charge is 0.242 e. The minimum Gasteiger partial charge on any atom is -0.393 e. The van der Waals surface area contributed by atoms with E-state index in [1.807, 2.05) is 4.72 Å². The van der Waals surface area contributed by atoms with E-state index in [1.165, 1.54) is 6.92 Å². The quantitative estimate of drug-likeness (QED) is 0.739. The standard InChI is InChI=1S/C10H13ClFNO4S/c1-10(15,6-14)5-13-18(16,17)9-4-7(12)2-3-8(9)11/h2-4,13-15H,5-6H2,1H3. The van der Waals surface area contributed by atoms with Crippen LogP contribution in [-0.2, 0) is 10.0 Å². The van der Waals surface area contributed by atoms with E-state index in [2.05, 4.69) is 0 Å². The molecule has 0 aliphatic carbocycles. The zero-order valence-corrected chi connectivity index (χ0v) is 11.1. The number of aliphatic hydroxyl groups excluding tert-OH is 1. The first kappa shape index (κ1) is 15.3. The van der Waals surface area contributed by atoms with Gasteiger partial charge in [0, 0.05) is 6.54 Å². The summed E-state index contributed by atoms with van der Waals surface area (Å²) in [6.45, 7) is 0.216. The van der Waals surface area contributed by atoms with Gasteiger partial charge in [-0.05, 0) is 25.1 Å². The van der Waals surface area contributed by atoms with Crippen LogP contribution in [0.4, 0.5) is 4.39 Å². The van der Waals surface area contributed by atoms with E-state index in [0.29, 0.717) is 0 Å². The number of sulfonamides is 1.